The van der Waals surface area contributed by atoms with Gasteiger partial charge in [-0.3, -0.25) is 9.59 Å². The van der Waals surface area contributed by atoms with E-state index in [4.69, 9.17) is 0 Å². The Hall–Kier alpha value is -1.10. The van der Waals surface area contributed by atoms with E-state index in [0.717, 1.165) is 32.4 Å². The molecular weight excluding hydrogens is 206 g/mol. The minimum Gasteiger partial charge on any atom is -0.354 e. The number of piperidine rings is 2. The van der Waals surface area contributed by atoms with Crippen molar-refractivity contribution < 1.29 is 9.59 Å². The molecule has 0 aromatic carbocycles. The average molecular weight is 225 g/mol. The van der Waals surface area contributed by atoms with Crippen LogP contribution in [0.4, 0.5) is 0 Å². The van der Waals surface area contributed by atoms with Gasteiger partial charge in [0.05, 0.1) is 5.92 Å². The molecule has 5 nitrogen and oxygen atoms in total. The number of nitrogens with one attached hydrogen (secondary N) is 3. The van der Waals surface area contributed by atoms with Gasteiger partial charge in [0.25, 0.3) is 0 Å². The van der Waals surface area contributed by atoms with Crippen molar-refractivity contribution in [3.63, 3.8) is 0 Å². The fourth-order valence-electron chi connectivity index (χ4n) is 2.25. The summed E-state index contributed by atoms with van der Waals surface area (Å²) in [7, 11) is 0. The summed E-state index contributed by atoms with van der Waals surface area (Å²) in [5, 5.41) is 9.02. The Kier molecular flexibility index (Phi) is 3.77. The molecule has 0 bridgehead atoms. The normalized spacial score (nSPS) is 30.6. The van der Waals surface area contributed by atoms with Gasteiger partial charge in [0, 0.05) is 25.6 Å². The minimum absolute atomic E-state index is 0.0878. The van der Waals surface area contributed by atoms with Crippen molar-refractivity contribution in [2.75, 3.05) is 19.6 Å². The van der Waals surface area contributed by atoms with E-state index >= 15 is 0 Å². The highest BCUT2D eigenvalue weighted by Gasteiger charge is 2.25. The van der Waals surface area contributed by atoms with Crippen molar-refractivity contribution in [1.82, 2.24) is 16.0 Å². The van der Waals surface area contributed by atoms with Crippen LogP contribution in [0.5, 0.6) is 0 Å². The molecule has 0 aromatic rings. The van der Waals surface area contributed by atoms with Crippen LogP contribution in [-0.4, -0.2) is 37.5 Å². The highest BCUT2D eigenvalue weighted by molar-refractivity contribution is 5.80. The predicted octanol–water partition coefficient (Wildman–Crippen LogP) is -0.619. The SMILES string of the molecule is O=C1CCC(NC(=O)[C@@H]2CCCNC2)CN1. The molecule has 2 atom stereocenters. The van der Waals surface area contributed by atoms with Gasteiger partial charge >= 0.3 is 0 Å². The Morgan fingerprint density at radius 1 is 1.31 bits per heavy atom. The molecule has 2 heterocycles. The van der Waals surface area contributed by atoms with Crippen LogP contribution >= 0.6 is 0 Å². The molecule has 0 aliphatic carbocycles. The van der Waals surface area contributed by atoms with Crippen LogP contribution in [0.1, 0.15) is 25.7 Å². The lowest BCUT2D eigenvalue weighted by Crippen LogP contribution is -2.51. The molecule has 16 heavy (non-hydrogen) atoms. The second kappa shape index (κ2) is 5.30. The smallest absolute Gasteiger partial charge is 0.224 e. The number of amides is 2. The maximum Gasteiger partial charge on any atom is 0.224 e. The summed E-state index contributed by atoms with van der Waals surface area (Å²) in [5.41, 5.74) is 0. The second-order valence-electron chi connectivity index (χ2n) is 4.59. The van der Waals surface area contributed by atoms with Gasteiger partial charge in [-0.25, -0.2) is 0 Å². The van der Waals surface area contributed by atoms with Crippen molar-refractivity contribution in [2.24, 2.45) is 5.92 Å². The van der Waals surface area contributed by atoms with Crippen LogP contribution in [0.2, 0.25) is 0 Å². The van der Waals surface area contributed by atoms with E-state index in [0.29, 0.717) is 13.0 Å². The first-order valence-electron chi connectivity index (χ1n) is 6.03. The summed E-state index contributed by atoms with van der Waals surface area (Å²) >= 11 is 0. The van der Waals surface area contributed by atoms with Crippen molar-refractivity contribution in [3.8, 4) is 0 Å². The van der Waals surface area contributed by atoms with Gasteiger partial charge < -0.3 is 16.0 Å². The Morgan fingerprint density at radius 2 is 2.19 bits per heavy atom. The van der Waals surface area contributed by atoms with Crippen molar-refractivity contribution >= 4 is 11.8 Å². The van der Waals surface area contributed by atoms with E-state index in [2.05, 4.69) is 16.0 Å². The zero-order valence-corrected chi connectivity index (χ0v) is 9.42. The summed E-state index contributed by atoms with van der Waals surface area (Å²) < 4.78 is 0. The first kappa shape index (κ1) is 11.4. The van der Waals surface area contributed by atoms with Crippen molar-refractivity contribution in [2.45, 2.75) is 31.7 Å². The maximum atomic E-state index is 11.9. The van der Waals surface area contributed by atoms with Crippen molar-refractivity contribution in [1.29, 1.82) is 0 Å². The number of rotatable bonds is 2. The maximum absolute atomic E-state index is 11.9. The van der Waals surface area contributed by atoms with Crippen LogP contribution in [0, 0.1) is 5.92 Å². The molecule has 3 N–H and O–H groups in total. The van der Waals surface area contributed by atoms with E-state index in [-0.39, 0.29) is 23.8 Å². The van der Waals surface area contributed by atoms with E-state index in [1.165, 1.54) is 0 Å². The average Bonchev–Trinajstić information content (AvgIpc) is 2.33. The molecule has 2 amide bonds. The van der Waals surface area contributed by atoms with Gasteiger partial charge in [-0.05, 0) is 25.8 Å². The Labute approximate surface area is 95.3 Å². The van der Waals surface area contributed by atoms with Gasteiger partial charge in [0.2, 0.25) is 11.8 Å². The number of carbonyl (C=O) groups is 2. The molecular formula is C11H19N3O2. The lowest BCUT2D eigenvalue weighted by Gasteiger charge is -2.27. The summed E-state index contributed by atoms with van der Waals surface area (Å²) in [6.07, 6.45) is 3.32. The molecule has 2 saturated heterocycles. The number of hydrogen-bond acceptors (Lipinski definition) is 3. The first-order valence-corrected chi connectivity index (χ1v) is 6.03. The topological polar surface area (TPSA) is 70.2 Å². The predicted molar refractivity (Wildman–Crippen MR) is 59.8 cm³/mol. The third-order valence-corrected chi connectivity index (χ3v) is 3.28. The summed E-state index contributed by atoms with van der Waals surface area (Å²) in [5.74, 6) is 0.324. The van der Waals surface area contributed by atoms with Gasteiger partial charge in [-0.15, -0.1) is 0 Å². The fourth-order valence-corrected chi connectivity index (χ4v) is 2.25. The van der Waals surface area contributed by atoms with E-state index in [1.807, 2.05) is 0 Å². The third kappa shape index (κ3) is 2.95. The third-order valence-electron chi connectivity index (χ3n) is 3.28. The second-order valence-corrected chi connectivity index (χ2v) is 4.59. The monoisotopic (exact) mass is 225 g/mol. The highest BCUT2D eigenvalue weighted by Crippen LogP contribution is 2.11. The molecule has 5 heteroatoms. The van der Waals surface area contributed by atoms with Gasteiger partial charge in [-0.1, -0.05) is 0 Å². The summed E-state index contributed by atoms with van der Waals surface area (Å²) in [6.45, 7) is 2.37. The highest BCUT2D eigenvalue weighted by atomic mass is 16.2. The Balaban J connectivity index is 1.75. The van der Waals surface area contributed by atoms with E-state index in [9.17, 15) is 9.59 Å². The molecule has 0 saturated carbocycles. The van der Waals surface area contributed by atoms with Gasteiger partial charge in [0.1, 0.15) is 0 Å². The fraction of sp³-hybridized carbons (Fsp3) is 0.818. The zero-order valence-electron chi connectivity index (χ0n) is 9.42. The standard InChI is InChI=1S/C11H19N3O2/c15-10-4-3-9(7-13-10)14-11(16)8-2-1-5-12-6-8/h8-9,12H,1-7H2,(H,13,15)(H,14,16)/t8-,9?/m1/s1. The molecule has 2 aliphatic heterocycles. The summed E-state index contributed by atoms with van der Waals surface area (Å²) in [4.78, 5) is 22.8. The van der Waals surface area contributed by atoms with Crippen molar-refractivity contribution in [3.05, 3.63) is 0 Å². The minimum atomic E-state index is 0.0878. The van der Waals surface area contributed by atoms with Crippen LogP contribution in [-0.2, 0) is 9.59 Å². The molecule has 0 spiro atoms. The number of carbonyl (C=O) groups excluding carboxylic acids is 2. The van der Waals surface area contributed by atoms with Crippen LogP contribution in [0.15, 0.2) is 0 Å². The van der Waals surface area contributed by atoms with Crippen LogP contribution in [0.3, 0.4) is 0 Å². The van der Waals surface area contributed by atoms with Gasteiger partial charge in [-0.2, -0.15) is 0 Å². The molecule has 0 radical (unpaired) electrons. The van der Waals surface area contributed by atoms with Crippen LogP contribution < -0.4 is 16.0 Å². The number of hydrogen-bond donors (Lipinski definition) is 3. The van der Waals surface area contributed by atoms with E-state index < -0.39 is 0 Å². The molecule has 2 rings (SSSR count). The molecule has 0 aromatic heterocycles. The first-order chi connectivity index (χ1) is 7.75. The van der Waals surface area contributed by atoms with Crippen LogP contribution in [0.25, 0.3) is 0 Å². The largest absolute Gasteiger partial charge is 0.354 e. The lowest BCUT2D eigenvalue weighted by molar-refractivity contribution is -0.128. The molecule has 2 aliphatic rings. The zero-order chi connectivity index (χ0) is 11.4. The molecule has 1 unspecified atom stereocenters. The Bertz CT molecular complexity index is 264. The van der Waals surface area contributed by atoms with Gasteiger partial charge in [0.15, 0.2) is 0 Å². The van der Waals surface area contributed by atoms with E-state index in [1.54, 1.807) is 0 Å². The molecule has 90 valence electrons. The lowest BCUT2D eigenvalue weighted by atomic mass is 9.97. The Morgan fingerprint density at radius 3 is 2.81 bits per heavy atom. The summed E-state index contributed by atoms with van der Waals surface area (Å²) in [6, 6.07) is 0.118. The quantitative estimate of drug-likeness (QED) is 0.586. The molecule has 2 fully saturated rings.